The zero-order valence-electron chi connectivity index (χ0n) is 22.0. The van der Waals surface area contributed by atoms with Gasteiger partial charge in [0.2, 0.25) is 16.0 Å². The van der Waals surface area contributed by atoms with Crippen molar-refractivity contribution in [1.29, 1.82) is 0 Å². The van der Waals surface area contributed by atoms with Crippen LogP contribution in [-0.2, 0) is 32.3 Å². The molecule has 1 aliphatic rings. The number of aromatic nitrogens is 3. The highest BCUT2D eigenvalue weighted by molar-refractivity contribution is 7.92. The van der Waals surface area contributed by atoms with Gasteiger partial charge in [-0.25, -0.2) is 25.9 Å². The summed E-state index contributed by atoms with van der Waals surface area (Å²) in [5.74, 6) is -0.374. The Balaban J connectivity index is 1.42. The molecule has 0 amide bonds. The number of nitrogens with zero attached hydrogens (tertiary/aromatic N) is 5. The Kier molecular flexibility index (Phi) is 8.09. The van der Waals surface area contributed by atoms with E-state index in [-0.39, 0.29) is 54.6 Å². The van der Waals surface area contributed by atoms with Crippen molar-refractivity contribution in [2.24, 2.45) is 17.8 Å². The number of nitrogens with one attached hydrogen (secondary N) is 1. The number of sulfonamides is 1. The predicted octanol–water partition coefficient (Wildman–Crippen LogP) is 1.73. The van der Waals surface area contributed by atoms with Crippen molar-refractivity contribution in [3.63, 3.8) is 0 Å². The number of benzene rings is 2. The number of hydrogen-bond acceptors (Lipinski definition) is 7. The first-order valence-corrected chi connectivity index (χ1v) is 15.7. The lowest BCUT2D eigenvalue weighted by Gasteiger charge is -2.25. The molecule has 14 heteroatoms. The molecule has 1 aromatic heterocycles. The van der Waals surface area contributed by atoms with E-state index in [9.17, 15) is 16.8 Å². The molecule has 4 rings (SSSR count). The normalized spacial score (nSPS) is 16.8. The van der Waals surface area contributed by atoms with E-state index < -0.39 is 25.3 Å². The number of aryl methyl sites for hydroxylation is 1. The van der Waals surface area contributed by atoms with Crippen molar-refractivity contribution < 1.29 is 21.2 Å². The maximum absolute atomic E-state index is 15.0. The third-order valence-electron chi connectivity index (χ3n) is 6.67. The quantitative estimate of drug-likeness (QED) is 0.303. The van der Waals surface area contributed by atoms with Crippen LogP contribution in [-0.4, -0.2) is 78.8 Å². The van der Waals surface area contributed by atoms with E-state index in [4.69, 9.17) is 5.73 Å². The van der Waals surface area contributed by atoms with Crippen molar-refractivity contribution in [1.82, 2.24) is 19.1 Å². The summed E-state index contributed by atoms with van der Waals surface area (Å²) >= 11 is 0. The number of nitrogens with two attached hydrogens (primary N) is 1. The Bertz CT molecular complexity index is 1570. The Labute approximate surface area is 227 Å². The van der Waals surface area contributed by atoms with Crippen LogP contribution in [0.4, 0.5) is 10.3 Å². The molecular formula is C25H32FN7O4S2. The van der Waals surface area contributed by atoms with Crippen LogP contribution in [0.15, 0.2) is 53.5 Å². The van der Waals surface area contributed by atoms with E-state index in [1.165, 1.54) is 15.1 Å². The largest absolute Gasteiger partial charge is 0.370 e. The minimum Gasteiger partial charge on any atom is -0.370 e. The lowest BCUT2D eigenvalue weighted by Crippen LogP contribution is -2.45. The molecule has 1 saturated heterocycles. The van der Waals surface area contributed by atoms with E-state index in [1.807, 2.05) is 50.2 Å². The summed E-state index contributed by atoms with van der Waals surface area (Å²) in [6.07, 6.45) is 0. The summed E-state index contributed by atoms with van der Waals surface area (Å²) in [6.45, 7) is 3.54. The van der Waals surface area contributed by atoms with Gasteiger partial charge in [0.05, 0.1) is 29.2 Å². The van der Waals surface area contributed by atoms with Crippen LogP contribution in [0.2, 0.25) is 0 Å². The fraction of sp³-hybridized carbons (Fsp3) is 0.400. The van der Waals surface area contributed by atoms with E-state index >= 15 is 4.39 Å². The highest BCUT2D eigenvalue weighted by atomic mass is 32.2. The summed E-state index contributed by atoms with van der Waals surface area (Å²) in [4.78, 5) is 8.60. The Morgan fingerprint density at radius 1 is 1.15 bits per heavy atom. The van der Waals surface area contributed by atoms with Crippen molar-refractivity contribution in [2.75, 3.05) is 42.2 Å². The van der Waals surface area contributed by atoms with Crippen LogP contribution in [0.1, 0.15) is 25.2 Å². The monoisotopic (exact) mass is 577 g/mol. The van der Waals surface area contributed by atoms with Crippen LogP contribution >= 0.6 is 0 Å². The maximum atomic E-state index is 15.0. The molecule has 39 heavy (non-hydrogen) atoms. The molecule has 11 nitrogen and oxygen atoms in total. The second-order valence-electron chi connectivity index (χ2n) is 9.83. The molecule has 2 heterocycles. The molecule has 0 bridgehead atoms. The molecule has 0 aliphatic carbocycles. The first-order chi connectivity index (χ1) is 18.3. The summed E-state index contributed by atoms with van der Waals surface area (Å²) in [7, 11) is -5.19. The third kappa shape index (κ3) is 6.62. The molecule has 2 aromatic carbocycles. The minimum atomic E-state index is -3.67. The van der Waals surface area contributed by atoms with Gasteiger partial charge in [-0.2, -0.15) is 14.4 Å². The Hall–Kier alpha value is -3.36. The highest BCUT2D eigenvalue weighted by Gasteiger charge is 2.31. The number of halogens is 1. The highest BCUT2D eigenvalue weighted by Crippen LogP contribution is 2.33. The van der Waals surface area contributed by atoms with Crippen LogP contribution < -0.4 is 11.1 Å². The number of sulfone groups is 1. The Morgan fingerprint density at radius 2 is 1.82 bits per heavy atom. The van der Waals surface area contributed by atoms with Gasteiger partial charge in [-0.15, -0.1) is 0 Å². The van der Waals surface area contributed by atoms with Gasteiger partial charge < -0.3 is 5.73 Å². The average molecular weight is 578 g/mol. The molecule has 3 aromatic rings. The van der Waals surface area contributed by atoms with Gasteiger partial charge in [-0.3, -0.25) is 10.3 Å². The van der Waals surface area contributed by atoms with Gasteiger partial charge in [0.1, 0.15) is 5.82 Å². The summed E-state index contributed by atoms with van der Waals surface area (Å²) in [5, 5.41) is 7.30. The number of hydrogen-bond donors (Lipinski definition) is 2. The van der Waals surface area contributed by atoms with Crippen LogP contribution in [0.3, 0.4) is 0 Å². The van der Waals surface area contributed by atoms with Crippen molar-refractivity contribution in [3.05, 3.63) is 65.7 Å². The van der Waals surface area contributed by atoms with Crippen molar-refractivity contribution in [2.45, 2.75) is 19.3 Å². The molecule has 0 spiro atoms. The van der Waals surface area contributed by atoms with Gasteiger partial charge in [0.25, 0.3) is 0 Å². The standard InChI is InChI=1S/C25H32FN7O4S2/c1-25(2,19-9-10-20(21(26)17-19)18-7-5-4-6-8-18)22-29-24(32(3)31-22)30-23(27)28-11-14-39(36,37)33-12-15-38(34,35)16-13-33/h4-10,17H,11-16H2,1-3H3,(H3,27,28,29,30,31). The second kappa shape index (κ2) is 11.0. The topological polar surface area (TPSA) is 153 Å². The van der Waals surface area contributed by atoms with E-state index in [2.05, 4.69) is 20.4 Å². The molecule has 3 N–H and O–H groups in total. The lowest BCUT2D eigenvalue weighted by molar-refractivity contribution is 0.431. The lowest BCUT2D eigenvalue weighted by atomic mass is 9.83. The summed E-state index contributed by atoms with van der Waals surface area (Å²) in [5.41, 5.74) is 7.20. The predicted molar refractivity (Wildman–Crippen MR) is 149 cm³/mol. The van der Waals surface area contributed by atoms with Gasteiger partial charge in [0.15, 0.2) is 21.6 Å². The maximum Gasteiger partial charge on any atom is 0.227 e. The molecule has 210 valence electrons. The average Bonchev–Trinajstić information content (AvgIpc) is 3.24. The van der Waals surface area contributed by atoms with Crippen LogP contribution in [0, 0.1) is 5.82 Å². The molecule has 1 aliphatic heterocycles. The molecular weight excluding hydrogens is 545 g/mol. The van der Waals surface area contributed by atoms with Crippen molar-refractivity contribution in [3.8, 4) is 11.1 Å². The third-order valence-corrected chi connectivity index (χ3v) is 10.1. The molecule has 0 atom stereocenters. The first-order valence-electron chi connectivity index (χ1n) is 12.3. The molecule has 0 radical (unpaired) electrons. The smallest absolute Gasteiger partial charge is 0.227 e. The second-order valence-corrected chi connectivity index (χ2v) is 14.2. The van der Waals surface area contributed by atoms with E-state index in [0.717, 1.165) is 5.56 Å². The molecule has 0 unspecified atom stereocenters. The zero-order chi connectivity index (χ0) is 28.4. The molecule has 0 saturated carbocycles. The number of rotatable bonds is 8. The fourth-order valence-electron chi connectivity index (χ4n) is 4.18. The van der Waals surface area contributed by atoms with Crippen molar-refractivity contribution >= 4 is 31.8 Å². The van der Waals surface area contributed by atoms with E-state index in [1.54, 1.807) is 13.1 Å². The summed E-state index contributed by atoms with van der Waals surface area (Å²) in [6, 6.07) is 14.4. The number of anilines is 1. The van der Waals surface area contributed by atoms with Gasteiger partial charge in [-0.05, 0) is 31.0 Å². The SMILES string of the molecule is Cn1nc(C(C)(C)c2ccc(-c3ccccc3)c(F)c2)nc1NC(N)=NCCS(=O)(=O)N1CCS(=O)(=O)CC1. The van der Waals surface area contributed by atoms with Gasteiger partial charge in [0, 0.05) is 25.7 Å². The minimum absolute atomic E-state index is 0.0514. The van der Waals surface area contributed by atoms with Crippen LogP contribution in [0.25, 0.3) is 11.1 Å². The number of aliphatic imine (C=N–C) groups is 1. The zero-order valence-corrected chi connectivity index (χ0v) is 23.6. The van der Waals surface area contributed by atoms with Crippen LogP contribution in [0.5, 0.6) is 0 Å². The summed E-state index contributed by atoms with van der Waals surface area (Å²) < 4.78 is 65.8. The molecule has 1 fully saturated rings. The van der Waals surface area contributed by atoms with Gasteiger partial charge >= 0.3 is 0 Å². The van der Waals surface area contributed by atoms with E-state index in [0.29, 0.717) is 17.0 Å². The number of guanidine groups is 1. The first kappa shape index (κ1) is 28.6. The Morgan fingerprint density at radius 3 is 2.46 bits per heavy atom. The van der Waals surface area contributed by atoms with Gasteiger partial charge in [-0.1, -0.05) is 42.5 Å². The fourth-order valence-corrected chi connectivity index (χ4v) is 6.93.